The monoisotopic (exact) mass is 387 g/mol. The average molecular weight is 387 g/mol. The Bertz CT molecular complexity index is 1040. The molecule has 4 rings (SSSR count). The van der Waals surface area contributed by atoms with Crippen molar-refractivity contribution in [2.75, 3.05) is 6.61 Å². The summed E-state index contributed by atoms with van der Waals surface area (Å²) in [6.07, 6.45) is -3.75. The second-order valence-corrected chi connectivity index (χ2v) is 7.00. The molecule has 0 aliphatic carbocycles. The quantitative estimate of drug-likeness (QED) is 0.630. The molecule has 28 heavy (non-hydrogen) atoms. The molecule has 1 saturated heterocycles. The summed E-state index contributed by atoms with van der Waals surface area (Å²) in [5.41, 5.74) is 1.35. The Morgan fingerprint density at radius 2 is 1.89 bits per heavy atom. The number of aromatic nitrogens is 2. The highest BCUT2D eigenvalue weighted by molar-refractivity contribution is 6.04. The molecule has 3 unspecified atom stereocenters. The van der Waals surface area contributed by atoms with Gasteiger partial charge in [-0.15, -0.1) is 0 Å². The van der Waals surface area contributed by atoms with Gasteiger partial charge < -0.3 is 20.1 Å². The van der Waals surface area contributed by atoms with Gasteiger partial charge in [0.1, 0.15) is 18.3 Å². The van der Waals surface area contributed by atoms with E-state index in [4.69, 9.17) is 4.74 Å². The summed E-state index contributed by atoms with van der Waals surface area (Å²) < 4.78 is 7.48. The normalized spacial score (nSPS) is 29.0. The maximum Gasteiger partial charge on any atom is 0.333 e. The fourth-order valence-electron chi connectivity index (χ4n) is 3.75. The van der Waals surface area contributed by atoms with Gasteiger partial charge in [-0.3, -0.25) is 18.9 Å². The molecule has 1 aromatic heterocycles. The molecule has 0 amide bonds. The first kappa shape index (κ1) is 18.8. The van der Waals surface area contributed by atoms with E-state index in [-0.39, 0.29) is 12.6 Å². The summed E-state index contributed by atoms with van der Waals surface area (Å²) in [7, 11) is 0. The third kappa shape index (κ3) is 2.92. The fourth-order valence-corrected chi connectivity index (χ4v) is 3.75. The van der Waals surface area contributed by atoms with E-state index in [0.717, 1.165) is 20.3 Å². The van der Waals surface area contributed by atoms with Crippen molar-refractivity contribution in [1.29, 1.82) is 0 Å². The van der Waals surface area contributed by atoms with E-state index < -0.39 is 42.4 Å². The number of nitrogens with zero attached hydrogens (tertiary/aromatic N) is 3. The van der Waals surface area contributed by atoms with E-state index >= 15 is 0 Å². The van der Waals surface area contributed by atoms with Gasteiger partial charge in [0.15, 0.2) is 6.23 Å². The van der Waals surface area contributed by atoms with Gasteiger partial charge in [-0.25, -0.2) is 4.79 Å². The molecule has 0 saturated carbocycles. The number of aliphatic imine (C=N–C) groups is 1. The molecule has 9 heteroatoms. The maximum absolute atomic E-state index is 12.9. The molecule has 3 N–H and O–H groups in total. The van der Waals surface area contributed by atoms with Crippen LogP contribution in [-0.2, 0) is 11.3 Å². The highest BCUT2D eigenvalue weighted by Gasteiger charge is 2.43. The summed E-state index contributed by atoms with van der Waals surface area (Å²) >= 11 is 0. The van der Waals surface area contributed by atoms with Crippen molar-refractivity contribution in [3.8, 4) is 0 Å². The first-order valence-electron chi connectivity index (χ1n) is 9.02. The van der Waals surface area contributed by atoms with Crippen LogP contribution in [0.2, 0.25) is 0 Å². The average Bonchev–Trinajstić information content (AvgIpc) is 3.16. The van der Waals surface area contributed by atoms with Crippen molar-refractivity contribution in [2.45, 2.75) is 44.1 Å². The van der Waals surface area contributed by atoms with E-state index in [9.17, 15) is 24.9 Å². The predicted octanol–water partition coefficient (Wildman–Crippen LogP) is -0.815. The molecule has 3 heterocycles. The highest BCUT2D eigenvalue weighted by Crippen LogP contribution is 2.29. The van der Waals surface area contributed by atoms with Gasteiger partial charge in [0.05, 0.1) is 24.9 Å². The van der Waals surface area contributed by atoms with Crippen molar-refractivity contribution in [3.63, 3.8) is 0 Å². The molecule has 1 fully saturated rings. The Hall–Kier alpha value is -2.59. The molecular formula is C19H21N3O6. The molecule has 1 aromatic carbocycles. The lowest BCUT2D eigenvalue weighted by molar-refractivity contribution is -0.0555. The number of hydrogen-bond donors (Lipinski definition) is 3. The van der Waals surface area contributed by atoms with Crippen molar-refractivity contribution >= 4 is 5.71 Å². The van der Waals surface area contributed by atoms with Gasteiger partial charge in [0.2, 0.25) is 0 Å². The van der Waals surface area contributed by atoms with Crippen LogP contribution >= 0.6 is 0 Å². The lowest BCUT2D eigenvalue weighted by Gasteiger charge is -2.18. The van der Waals surface area contributed by atoms with Crippen LogP contribution in [0.25, 0.3) is 0 Å². The van der Waals surface area contributed by atoms with Gasteiger partial charge in [0.25, 0.3) is 5.56 Å². The third-order valence-electron chi connectivity index (χ3n) is 5.27. The van der Waals surface area contributed by atoms with Crippen LogP contribution in [0.15, 0.2) is 51.1 Å². The van der Waals surface area contributed by atoms with Gasteiger partial charge >= 0.3 is 5.69 Å². The lowest BCUT2D eigenvalue weighted by Crippen LogP contribution is -2.44. The minimum absolute atomic E-state index is 0.0192. The van der Waals surface area contributed by atoms with Crippen LogP contribution in [0.3, 0.4) is 0 Å². The summed E-state index contributed by atoms with van der Waals surface area (Å²) in [5.74, 6) is 0. The molecule has 0 spiro atoms. The number of aliphatic hydroxyl groups is 3. The molecule has 2 aliphatic rings. The van der Waals surface area contributed by atoms with Crippen molar-refractivity contribution in [1.82, 2.24) is 9.13 Å². The molecule has 0 radical (unpaired) electrons. The number of benzene rings is 1. The first-order chi connectivity index (χ1) is 13.4. The van der Waals surface area contributed by atoms with Gasteiger partial charge in [0, 0.05) is 17.8 Å². The Balaban J connectivity index is 1.71. The van der Waals surface area contributed by atoms with E-state index in [1.807, 2.05) is 31.2 Å². The topological polar surface area (TPSA) is 126 Å². The van der Waals surface area contributed by atoms with Gasteiger partial charge in [-0.2, -0.15) is 0 Å². The largest absolute Gasteiger partial charge is 0.394 e. The standard InChI is InChI=1S/C19H21N3O6/c1-10-11-4-2-3-5-12(11)13(20-10)8-22-15(24)6-7-21(19(22)27)18-17(26)16(25)14(9-23)28-18/h2-7,10,14,16-18,23,25-26H,8-9H2,1H3/t10?,14-,16?,17?,18-/m1/s1. The maximum atomic E-state index is 12.9. The Morgan fingerprint density at radius 3 is 2.61 bits per heavy atom. The van der Waals surface area contributed by atoms with E-state index in [1.165, 1.54) is 12.3 Å². The van der Waals surface area contributed by atoms with Crippen LogP contribution in [-0.4, -0.2) is 55.1 Å². The van der Waals surface area contributed by atoms with Crippen LogP contribution in [0.5, 0.6) is 0 Å². The summed E-state index contributed by atoms with van der Waals surface area (Å²) in [5, 5.41) is 29.4. The molecule has 148 valence electrons. The Kier molecular flexibility index (Phi) is 4.76. The second-order valence-electron chi connectivity index (χ2n) is 7.00. The number of ether oxygens (including phenoxy) is 1. The highest BCUT2D eigenvalue weighted by atomic mass is 16.6. The molecule has 2 aromatic rings. The number of rotatable bonds is 4. The Morgan fingerprint density at radius 1 is 1.14 bits per heavy atom. The van der Waals surface area contributed by atoms with Gasteiger partial charge in [-0.1, -0.05) is 24.3 Å². The zero-order valence-electron chi connectivity index (χ0n) is 15.2. The number of aliphatic hydroxyl groups excluding tert-OH is 3. The molecule has 9 nitrogen and oxygen atoms in total. The van der Waals surface area contributed by atoms with Crippen LogP contribution in [0.1, 0.15) is 30.3 Å². The third-order valence-corrected chi connectivity index (χ3v) is 5.27. The number of hydrogen-bond acceptors (Lipinski definition) is 7. The van der Waals surface area contributed by atoms with Crippen molar-refractivity contribution < 1.29 is 20.1 Å². The van der Waals surface area contributed by atoms with E-state index in [0.29, 0.717) is 5.71 Å². The zero-order valence-corrected chi connectivity index (χ0v) is 15.2. The molecular weight excluding hydrogens is 366 g/mol. The van der Waals surface area contributed by atoms with Crippen molar-refractivity contribution in [2.24, 2.45) is 4.99 Å². The minimum Gasteiger partial charge on any atom is -0.394 e. The van der Waals surface area contributed by atoms with E-state index in [2.05, 4.69) is 4.99 Å². The minimum atomic E-state index is -1.41. The zero-order chi connectivity index (χ0) is 20.0. The van der Waals surface area contributed by atoms with E-state index in [1.54, 1.807) is 0 Å². The van der Waals surface area contributed by atoms with Crippen LogP contribution in [0, 0.1) is 0 Å². The Labute approximate surface area is 159 Å². The molecule has 5 atom stereocenters. The predicted molar refractivity (Wildman–Crippen MR) is 99.4 cm³/mol. The SMILES string of the molecule is CC1N=C(Cn2c(=O)ccn([C@@H]3O[C@H](CO)C(O)C3O)c2=O)c2ccccc21. The van der Waals surface area contributed by atoms with Crippen molar-refractivity contribution in [3.05, 3.63) is 68.5 Å². The first-order valence-corrected chi connectivity index (χ1v) is 9.02. The van der Waals surface area contributed by atoms with Crippen LogP contribution < -0.4 is 11.2 Å². The lowest BCUT2D eigenvalue weighted by atomic mass is 10.0. The molecule has 2 aliphatic heterocycles. The second kappa shape index (κ2) is 7.10. The smallest absolute Gasteiger partial charge is 0.333 e. The molecule has 0 bridgehead atoms. The van der Waals surface area contributed by atoms with Crippen LogP contribution in [0.4, 0.5) is 0 Å². The number of fused-ring (bicyclic) bond motifs is 1. The summed E-state index contributed by atoms with van der Waals surface area (Å²) in [6.45, 7) is 1.42. The summed E-state index contributed by atoms with van der Waals surface area (Å²) in [6, 6.07) is 8.78. The van der Waals surface area contributed by atoms with Gasteiger partial charge in [-0.05, 0) is 12.5 Å². The summed E-state index contributed by atoms with van der Waals surface area (Å²) in [4.78, 5) is 29.9. The fraction of sp³-hybridized carbons (Fsp3) is 0.421.